The zero-order valence-corrected chi connectivity index (χ0v) is 13.1. The van der Waals surface area contributed by atoms with Crippen LogP contribution in [0.4, 0.5) is 0 Å². The highest BCUT2D eigenvalue weighted by atomic mass is 32.1. The summed E-state index contributed by atoms with van der Waals surface area (Å²) in [4.78, 5) is 16.7. The van der Waals surface area contributed by atoms with E-state index >= 15 is 0 Å². The molecule has 1 N–H and O–H groups in total. The van der Waals surface area contributed by atoms with Gasteiger partial charge in [-0.2, -0.15) is 0 Å². The Labute approximate surface area is 133 Å². The molecule has 0 atom stereocenters. The van der Waals surface area contributed by atoms with E-state index in [1.54, 1.807) is 11.3 Å². The maximum Gasteiger partial charge on any atom is 0.251 e. The Morgan fingerprint density at radius 1 is 1.09 bits per heavy atom. The van der Waals surface area contributed by atoms with Crippen LogP contribution in [0, 0.1) is 6.92 Å². The number of carbonyl (C=O) groups excluding carboxylic acids is 1. The Bertz CT molecular complexity index is 781. The molecule has 1 aromatic heterocycles. The number of hydrogen-bond acceptors (Lipinski definition) is 3. The van der Waals surface area contributed by atoms with Crippen LogP contribution in [0.15, 0.2) is 60.0 Å². The summed E-state index contributed by atoms with van der Waals surface area (Å²) in [5.41, 5.74) is 3.84. The van der Waals surface area contributed by atoms with Gasteiger partial charge in [-0.25, -0.2) is 4.98 Å². The van der Waals surface area contributed by atoms with Crippen LogP contribution >= 0.6 is 11.3 Å². The van der Waals surface area contributed by atoms with Crippen LogP contribution in [-0.4, -0.2) is 10.9 Å². The third-order valence-corrected chi connectivity index (χ3v) is 4.34. The SMILES string of the molecule is Cc1csc(-c2ccccc2CNC(=O)c2ccccc2)n1. The van der Waals surface area contributed by atoms with Crippen molar-refractivity contribution in [2.45, 2.75) is 13.5 Å². The van der Waals surface area contributed by atoms with Crippen molar-refractivity contribution in [2.75, 3.05) is 0 Å². The highest BCUT2D eigenvalue weighted by Crippen LogP contribution is 2.26. The van der Waals surface area contributed by atoms with Gasteiger partial charge < -0.3 is 5.32 Å². The summed E-state index contributed by atoms with van der Waals surface area (Å²) >= 11 is 1.62. The van der Waals surface area contributed by atoms with E-state index in [0.29, 0.717) is 12.1 Å². The van der Waals surface area contributed by atoms with E-state index in [9.17, 15) is 4.79 Å². The lowest BCUT2D eigenvalue weighted by molar-refractivity contribution is 0.0951. The van der Waals surface area contributed by atoms with Gasteiger partial charge in [0.05, 0.1) is 0 Å². The smallest absolute Gasteiger partial charge is 0.251 e. The molecule has 0 unspecified atom stereocenters. The minimum atomic E-state index is -0.0641. The lowest BCUT2D eigenvalue weighted by Gasteiger charge is -2.09. The van der Waals surface area contributed by atoms with Gasteiger partial charge >= 0.3 is 0 Å². The van der Waals surface area contributed by atoms with Crippen molar-refractivity contribution in [3.8, 4) is 10.6 Å². The maximum atomic E-state index is 12.1. The zero-order chi connectivity index (χ0) is 15.4. The minimum Gasteiger partial charge on any atom is -0.348 e. The van der Waals surface area contributed by atoms with Crippen molar-refractivity contribution >= 4 is 17.2 Å². The van der Waals surface area contributed by atoms with Crippen molar-refractivity contribution in [1.82, 2.24) is 10.3 Å². The van der Waals surface area contributed by atoms with E-state index in [1.807, 2.05) is 66.9 Å². The molecule has 0 aliphatic carbocycles. The molecule has 1 heterocycles. The Morgan fingerprint density at radius 2 is 1.82 bits per heavy atom. The van der Waals surface area contributed by atoms with Gasteiger partial charge in [0.2, 0.25) is 0 Å². The third-order valence-electron chi connectivity index (χ3n) is 3.34. The van der Waals surface area contributed by atoms with Crippen LogP contribution in [0.3, 0.4) is 0 Å². The van der Waals surface area contributed by atoms with Gasteiger partial charge in [-0.3, -0.25) is 4.79 Å². The predicted octanol–water partition coefficient (Wildman–Crippen LogP) is 4.05. The zero-order valence-electron chi connectivity index (χ0n) is 12.2. The van der Waals surface area contributed by atoms with E-state index in [0.717, 1.165) is 21.8 Å². The topological polar surface area (TPSA) is 42.0 Å². The van der Waals surface area contributed by atoms with Gasteiger partial charge in [0.1, 0.15) is 5.01 Å². The van der Waals surface area contributed by atoms with Crippen molar-refractivity contribution in [3.05, 3.63) is 76.8 Å². The predicted molar refractivity (Wildman–Crippen MR) is 89.9 cm³/mol. The molecule has 2 aromatic carbocycles. The van der Waals surface area contributed by atoms with E-state index in [4.69, 9.17) is 0 Å². The van der Waals surface area contributed by atoms with E-state index in [-0.39, 0.29) is 5.91 Å². The molecular weight excluding hydrogens is 292 g/mol. The number of carbonyl (C=O) groups is 1. The molecule has 3 rings (SSSR count). The first-order valence-corrected chi connectivity index (χ1v) is 7.95. The summed E-state index contributed by atoms with van der Waals surface area (Å²) < 4.78 is 0. The first-order valence-electron chi connectivity index (χ1n) is 7.07. The van der Waals surface area contributed by atoms with Crippen LogP contribution in [0.5, 0.6) is 0 Å². The van der Waals surface area contributed by atoms with Crippen molar-refractivity contribution in [3.63, 3.8) is 0 Å². The lowest BCUT2D eigenvalue weighted by atomic mass is 10.1. The minimum absolute atomic E-state index is 0.0641. The number of rotatable bonds is 4. The summed E-state index contributed by atoms with van der Waals surface area (Å²) in [5.74, 6) is -0.0641. The molecule has 3 aromatic rings. The second kappa shape index (κ2) is 6.54. The quantitative estimate of drug-likeness (QED) is 0.790. The van der Waals surface area contributed by atoms with Gasteiger partial charge in [-0.05, 0) is 24.6 Å². The maximum absolute atomic E-state index is 12.1. The Balaban J connectivity index is 1.77. The molecule has 0 aliphatic rings. The summed E-state index contributed by atoms with van der Waals surface area (Å²) in [5, 5.41) is 5.99. The van der Waals surface area contributed by atoms with Crippen LogP contribution in [0.1, 0.15) is 21.6 Å². The van der Waals surface area contributed by atoms with Crippen LogP contribution in [0.25, 0.3) is 10.6 Å². The summed E-state index contributed by atoms with van der Waals surface area (Å²) in [6.45, 7) is 2.47. The largest absolute Gasteiger partial charge is 0.348 e. The molecule has 4 heteroatoms. The normalized spacial score (nSPS) is 10.4. The first kappa shape index (κ1) is 14.5. The van der Waals surface area contributed by atoms with Gasteiger partial charge in [-0.1, -0.05) is 42.5 Å². The van der Waals surface area contributed by atoms with Crippen molar-refractivity contribution < 1.29 is 4.79 Å². The summed E-state index contributed by atoms with van der Waals surface area (Å²) in [6.07, 6.45) is 0. The highest BCUT2D eigenvalue weighted by Gasteiger charge is 2.10. The number of nitrogens with zero attached hydrogens (tertiary/aromatic N) is 1. The molecular formula is C18H16N2OS. The fourth-order valence-corrected chi connectivity index (χ4v) is 3.09. The fourth-order valence-electron chi connectivity index (χ4n) is 2.23. The second-order valence-corrected chi connectivity index (χ2v) is 5.86. The van der Waals surface area contributed by atoms with Gasteiger partial charge in [0, 0.05) is 28.7 Å². The van der Waals surface area contributed by atoms with Crippen LogP contribution in [-0.2, 0) is 6.54 Å². The fraction of sp³-hybridized carbons (Fsp3) is 0.111. The molecule has 0 aliphatic heterocycles. The van der Waals surface area contributed by atoms with Gasteiger partial charge in [0.15, 0.2) is 0 Å². The molecule has 0 radical (unpaired) electrons. The van der Waals surface area contributed by atoms with E-state index < -0.39 is 0 Å². The molecule has 3 nitrogen and oxygen atoms in total. The average molecular weight is 308 g/mol. The number of aryl methyl sites for hydroxylation is 1. The third kappa shape index (κ3) is 3.23. The molecule has 0 spiro atoms. The van der Waals surface area contributed by atoms with Gasteiger partial charge in [-0.15, -0.1) is 11.3 Å². The number of nitrogens with one attached hydrogen (secondary N) is 1. The number of aromatic nitrogens is 1. The number of thiazole rings is 1. The van der Waals surface area contributed by atoms with E-state index in [1.165, 1.54) is 0 Å². The first-order chi connectivity index (χ1) is 10.7. The average Bonchev–Trinajstić information content (AvgIpc) is 3.00. The van der Waals surface area contributed by atoms with Crippen molar-refractivity contribution in [1.29, 1.82) is 0 Å². The second-order valence-electron chi connectivity index (χ2n) is 5.00. The Hall–Kier alpha value is -2.46. The number of amides is 1. The standard InChI is InChI=1S/C18H16N2OS/c1-13-12-22-18(20-13)16-10-6-5-9-15(16)11-19-17(21)14-7-3-2-4-8-14/h2-10,12H,11H2,1H3,(H,19,21). The number of benzene rings is 2. The molecule has 0 fully saturated rings. The number of hydrogen-bond donors (Lipinski definition) is 1. The lowest BCUT2D eigenvalue weighted by Crippen LogP contribution is -2.22. The summed E-state index contributed by atoms with van der Waals surface area (Å²) in [6, 6.07) is 17.3. The molecule has 0 saturated carbocycles. The molecule has 0 bridgehead atoms. The van der Waals surface area contributed by atoms with Gasteiger partial charge in [0.25, 0.3) is 5.91 Å². The van der Waals surface area contributed by atoms with E-state index in [2.05, 4.69) is 10.3 Å². The molecule has 0 saturated heterocycles. The summed E-state index contributed by atoms with van der Waals surface area (Å²) in [7, 11) is 0. The molecule has 110 valence electrons. The monoisotopic (exact) mass is 308 g/mol. The van der Waals surface area contributed by atoms with Crippen LogP contribution < -0.4 is 5.32 Å². The molecule has 1 amide bonds. The molecule has 22 heavy (non-hydrogen) atoms. The Kier molecular flexibility index (Phi) is 4.30. The van der Waals surface area contributed by atoms with Crippen molar-refractivity contribution in [2.24, 2.45) is 0 Å². The van der Waals surface area contributed by atoms with Crippen LogP contribution in [0.2, 0.25) is 0 Å². The Morgan fingerprint density at radius 3 is 2.55 bits per heavy atom. The highest BCUT2D eigenvalue weighted by molar-refractivity contribution is 7.13.